The highest BCUT2D eigenvalue weighted by molar-refractivity contribution is 9.10. The van der Waals surface area contributed by atoms with Crippen molar-refractivity contribution in [3.63, 3.8) is 0 Å². The van der Waals surface area contributed by atoms with Crippen LogP contribution in [0.5, 0.6) is 5.75 Å². The number of methoxy groups -OCH3 is 1. The predicted octanol–water partition coefficient (Wildman–Crippen LogP) is 2.74. The molecule has 7 heteroatoms. The standard InChI is InChI=1S/C14H20BrN5O/c1-9(2)8-16-10(3)14-17-18-19-20(14)12-5-11(15)6-13(7-12)21-4/h5-7,9-10,16H,8H2,1-4H3. The summed E-state index contributed by atoms with van der Waals surface area (Å²) in [5.74, 6) is 2.10. The second-order valence-electron chi connectivity index (χ2n) is 5.32. The largest absolute Gasteiger partial charge is 0.497 e. The van der Waals surface area contributed by atoms with Gasteiger partial charge in [0, 0.05) is 10.5 Å². The molecule has 6 nitrogen and oxygen atoms in total. The second-order valence-corrected chi connectivity index (χ2v) is 6.24. The van der Waals surface area contributed by atoms with E-state index in [2.05, 4.69) is 57.5 Å². The van der Waals surface area contributed by atoms with Gasteiger partial charge in [-0.15, -0.1) is 5.10 Å². The molecule has 1 heterocycles. The van der Waals surface area contributed by atoms with Gasteiger partial charge in [-0.2, -0.15) is 4.68 Å². The minimum atomic E-state index is 0.0624. The number of nitrogens with zero attached hydrogens (tertiary/aromatic N) is 4. The molecule has 21 heavy (non-hydrogen) atoms. The predicted molar refractivity (Wildman–Crippen MR) is 84.7 cm³/mol. The highest BCUT2D eigenvalue weighted by atomic mass is 79.9. The molecule has 0 amide bonds. The Kier molecular flexibility index (Phi) is 5.30. The van der Waals surface area contributed by atoms with Crippen molar-refractivity contribution in [2.75, 3.05) is 13.7 Å². The Morgan fingerprint density at radius 2 is 2.05 bits per heavy atom. The molecule has 1 unspecified atom stereocenters. The summed E-state index contributed by atoms with van der Waals surface area (Å²) < 4.78 is 7.93. The summed E-state index contributed by atoms with van der Waals surface area (Å²) in [6, 6.07) is 5.82. The Labute approximate surface area is 133 Å². The maximum Gasteiger partial charge on any atom is 0.173 e. The molecule has 2 aromatic rings. The molecule has 0 saturated heterocycles. The first-order valence-corrected chi connectivity index (χ1v) is 7.67. The number of nitrogens with one attached hydrogen (secondary N) is 1. The Morgan fingerprint density at radius 1 is 1.29 bits per heavy atom. The smallest absolute Gasteiger partial charge is 0.173 e. The summed E-state index contributed by atoms with van der Waals surface area (Å²) in [4.78, 5) is 0. The maximum atomic E-state index is 5.29. The molecule has 0 aliphatic rings. The summed E-state index contributed by atoms with van der Waals surface area (Å²) in [6.45, 7) is 7.30. The number of tetrazole rings is 1. The highest BCUT2D eigenvalue weighted by Gasteiger charge is 2.16. The average molecular weight is 354 g/mol. The van der Waals surface area contributed by atoms with E-state index in [1.165, 1.54) is 0 Å². The van der Waals surface area contributed by atoms with Gasteiger partial charge in [-0.3, -0.25) is 0 Å². The van der Waals surface area contributed by atoms with Crippen molar-refractivity contribution in [3.8, 4) is 11.4 Å². The van der Waals surface area contributed by atoms with E-state index in [0.29, 0.717) is 5.92 Å². The lowest BCUT2D eigenvalue weighted by molar-refractivity contribution is 0.414. The summed E-state index contributed by atoms with van der Waals surface area (Å²) in [7, 11) is 1.64. The molecule has 0 aliphatic heterocycles. The normalized spacial score (nSPS) is 12.7. The first kappa shape index (κ1) is 15.9. The van der Waals surface area contributed by atoms with Gasteiger partial charge < -0.3 is 10.1 Å². The lowest BCUT2D eigenvalue weighted by Gasteiger charge is -2.15. The molecule has 114 valence electrons. The van der Waals surface area contributed by atoms with Crippen LogP contribution in [0.4, 0.5) is 0 Å². The fourth-order valence-electron chi connectivity index (χ4n) is 1.94. The molecule has 1 aromatic carbocycles. The van der Waals surface area contributed by atoms with Crippen molar-refractivity contribution in [2.45, 2.75) is 26.8 Å². The van der Waals surface area contributed by atoms with E-state index >= 15 is 0 Å². The molecule has 2 rings (SSSR count). The van der Waals surface area contributed by atoms with Crippen LogP contribution in [0.15, 0.2) is 22.7 Å². The Balaban J connectivity index is 2.29. The Morgan fingerprint density at radius 3 is 2.71 bits per heavy atom. The number of ether oxygens (including phenoxy) is 1. The number of hydrogen-bond donors (Lipinski definition) is 1. The molecule has 0 spiro atoms. The van der Waals surface area contributed by atoms with Crippen molar-refractivity contribution in [1.29, 1.82) is 0 Å². The monoisotopic (exact) mass is 353 g/mol. The topological polar surface area (TPSA) is 64.9 Å². The van der Waals surface area contributed by atoms with Crippen molar-refractivity contribution >= 4 is 15.9 Å². The van der Waals surface area contributed by atoms with Gasteiger partial charge in [0.25, 0.3) is 0 Å². The van der Waals surface area contributed by atoms with Gasteiger partial charge in [0.2, 0.25) is 0 Å². The molecule has 0 bridgehead atoms. The van der Waals surface area contributed by atoms with Gasteiger partial charge in [-0.1, -0.05) is 29.8 Å². The fourth-order valence-corrected chi connectivity index (χ4v) is 2.40. The minimum Gasteiger partial charge on any atom is -0.497 e. The third-order valence-corrected chi connectivity index (χ3v) is 3.51. The third-order valence-electron chi connectivity index (χ3n) is 3.05. The SMILES string of the molecule is COc1cc(Br)cc(-n2nnnc2C(C)NCC(C)C)c1. The molecule has 0 radical (unpaired) electrons. The van der Waals surface area contributed by atoms with Crippen LogP contribution < -0.4 is 10.1 Å². The van der Waals surface area contributed by atoms with Crippen molar-refractivity contribution in [2.24, 2.45) is 5.92 Å². The first-order chi connectivity index (χ1) is 10.0. The third kappa shape index (κ3) is 4.01. The molecule has 0 aliphatic carbocycles. The van der Waals surface area contributed by atoms with Crippen LogP contribution in [0.3, 0.4) is 0 Å². The van der Waals surface area contributed by atoms with Crippen molar-refractivity contribution < 1.29 is 4.74 Å². The lowest BCUT2D eigenvalue weighted by Crippen LogP contribution is -2.25. The van der Waals surface area contributed by atoms with Gasteiger partial charge in [0.05, 0.1) is 18.8 Å². The summed E-state index contributed by atoms with van der Waals surface area (Å²) in [5, 5.41) is 15.5. The first-order valence-electron chi connectivity index (χ1n) is 6.88. The molecule has 1 atom stereocenters. The zero-order valence-electron chi connectivity index (χ0n) is 12.7. The van der Waals surface area contributed by atoms with E-state index in [9.17, 15) is 0 Å². The van der Waals surface area contributed by atoms with Crippen LogP contribution in [0, 0.1) is 5.92 Å². The summed E-state index contributed by atoms with van der Waals surface area (Å²) in [6.07, 6.45) is 0. The number of hydrogen-bond acceptors (Lipinski definition) is 5. The zero-order chi connectivity index (χ0) is 15.4. The van der Waals surface area contributed by atoms with Crippen LogP contribution in [0.25, 0.3) is 5.69 Å². The van der Waals surface area contributed by atoms with E-state index in [4.69, 9.17) is 4.74 Å². The number of aromatic nitrogens is 4. The fraction of sp³-hybridized carbons (Fsp3) is 0.500. The van der Waals surface area contributed by atoms with Crippen molar-refractivity contribution in [1.82, 2.24) is 25.5 Å². The minimum absolute atomic E-state index is 0.0624. The average Bonchev–Trinajstić information content (AvgIpc) is 2.93. The van der Waals surface area contributed by atoms with Gasteiger partial charge >= 0.3 is 0 Å². The van der Waals surface area contributed by atoms with E-state index in [0.717, 1.165) is 28.3 Å². The van der Waals surface area contributed by atoms with Gasteiger partial charge in [-0.25, -0.2) is 0 Å². The quantitative estimate of drug-likeness (QED) is 0.864. The lowest BCUT2D eigenvalue weighted by atomic mass is 10.2. The number of benzene rings is 1. The van der Waals surface area contributed by atoms with Gasteiger partial charge in [-0.05, 0) is 41.9 Å². The van der Waals surface area contributed by atoms with Gasteiger partial charge in [0.1, 0.15) is 5.75 Å². The molecular weight excluding hydrogens is 334 g/mol. The molecular formula is C14H20BrN5O. The van der Waals surface area contributed by atoms with Crippen LogP contribution in [0.2, 0.25) is 0 Å². The second kappa shape index (κ2) is 7.00. The summed E-state index contributed by atoms with van der Waals surface area (Å²) in [5.41, 5.74) is 0.861. The van der Waals surface area contributed by atoms with E-state index in [-0.39, 0.29) is 6.04 Å². The summed E-state index contributed by atoms with van der Waals surface area (Å²) >= 11 is 3.47. The van der Waals surface area contributed by atoms with Gasteiger partial charge in [0.15, 0.2) is 5.82 Å². The maximum absolute atomic E-state index is 5.29. The van der Waals surface area contributed by atoms with Crippen LogP contribution in [-0.2, 0) is 0 Å². The molecule has 1 N–H and O–H groups in total. The Bertz CT molecular complexity index is 599. The highest BCUT2D eigenvalue weighted by Crippen LogP contribution is 2.24. The molecule has 0 saturated carbocycles. The van der Waals surface area contributed by atoms with E-state index in [1.54, 1.807) is 11.8 Å². The van der Waals surface area contributed by atoms with Crippen LogP contribution in [-0.4, -0.2) is 33.9 Å². The molecule has 1 aromatic heterocycles. The van der Waals surface area contributed by atoms with Crippen LogP contribution in [0.1, 0.15) is 32.6 Å². The number of rotatable bonds is 6. The Hall–Kier alpha value is -1.47. The van der Waals surface area contributed by atoms with E-state index < -0.39 is 0 Å². The van der Waals surface area contributed by atoms with Crippen LogP contribution >= 0.6 is 15.9 Å². The number of halogens is 1. The zero-order valence-corrected chi connectivity index (χ0v) is 14.3. The molecule has 0 fully saturated rings. The van der Waals surface area contributed by atoms with E-state index in [1.807, 2.05) is 18.2 Å². The van der Waals surface area contributed by atoms with Crippen molar-refractivity contribution in [3.05, 3.63) is 28.5 Å².